The van der Waals surface area contributed by atoms with Gasteiger partial charge in [0.15, 0.2) is 0 Å². The monoisotopic (exact) mass is 366 g/mol. The molecule has 0 aliphatic rings. The van der Waals surface area contributed by atoms with Gasteiger partial charge < -0.3 is 20.4 Å². The highest BCUT2D eigenvalue weighted by Gasteiger charge is 2.19. The van der Waals surface area contributed by atoms with E-state index in [1.807, 2.05) is 44.4 Å². The second-order valence-corrected chi connectivity index (χ2v) is 6.37. The van der Waals surface area contributed by atoms with Crippen LogP contribution in [0.4, 0.5) is 17.3 Å². The SMILES string of the molecule is C[C@H](CC=O)N(N)c1ccc(C(N)=O)c(N(C)c2ccc3[nH]ccc3c2)n1. The van der Waals surface area contributed by atoms with Crippen molar-refractivity contribution in [3.8, 4) is 0 Å². The number of aromatic nitrogens is 2. The molecule has 0 unspecified atom stereocenters. The Morgan fingerprint density at radius 1 is 1.30 bits per heavy atom. The predicted octanol–water partition coefficient (Wildman–Crippen LogP) is 2.09. The number of rotatable bonds is 7. The van der Waals surface area contributed by atoms with Crippen LogP contribution in [-0.4, -0.2) is 35.3 Å². The number of amides is 1. The Labute approximate surface area is 156 Å². The van der Waals surface area contributed by atoms with E-state index < -0.39 is 5.91 Å². The van der Waals surface area contributed by atoms with Crippen LogP contribution in [-0.2, 0) is 4.79 Å². The number of hydrazine groups is 1. The fourth-order valence-corrected chi connectivity index (χ4v) is 2.88. The summed E-state index contributed by atoms with van der Waals surface area (Å²) in [7, 11) is 1.81. The highest BCUT2D eigenvalue weighted by molar-refractivity contribution is 5.99. The zero-order valence-corrected chi connectivity index (χ0v) is 15.2. The van der Waals surface area contributed by atoms with Gasteiger partial charge in [-0.25, -0.2) is 10.8 Å². The first-order valence-corrected chi connectivity index (χ1v) is 8.51. The van der Waals surface area contributed by atoms with Crippen LogP contribution in [0.1, 0.15) is 23.7 Å². The quantitative estimate of drug-likeness (QED) is 0.334. The number of hydrogen-bond acceptors (Lipinski definition) is 6. The van der Waals surface area contributed by atoms with Crippen LogP contribution in [0.2, 0.25) is 0 Å². The van der Waals surface area contributed by atoms with Crippen molar-refractivity contribution in [1.82, 2.24) is 9.97 Å². The number of carbonyl (C=O) groups excluding carboxylic acids is 2. The van der Waals surface area contributed by atoms with E-state index in [0.717, 1.165) is 22.9 Å². The van der Waals surface area contributed by atoms with Gasteiger partial charge in [-0.1, -0.05) is 0 Å². The number of H-pyrrole nitrogens is 1. The zero-order valence-electron chi connectivity index (χ0n) is 15.2. The van der Waals surface area contributed by atoms with E-state index in [2.05, 4.69) is 9.97 Å². The van der Waals surface area contributed by atoms with Gasteiger partial charge in [0.25, 0.3) is 5.91 Å². The molecule has 0 radical (unpaired) electrons. The lowest BCUT2D eigenvalue weighted by Crippen LogP contribution is -2.40. The first-order valence-electron chi connectivity index (χ1n) is 8.51. The van der Waals surface area contributed by atoms with E-state index in [1.165, 1.54) is 5.01 Å². The molecule has 5 N–H and O–H groups in total. The average molecular weight is 366 g/mol. The summed E-state index contributed by atoms with van der Waals surface area (Å²) >= 11 is 0. The fraction of sp³-hybridized carbons (Fsp3) is 0.211. The molecule has 0 spiro atoms. The molecule has 2 heterocycles. The zero-order chi connectivity index (χ0) is 19.6. The normalized spacial score (nSPS) is 12.0. The number of anilines is 3. The van der Waals surface area contributed by atoms with Crippen LogP contribution < -0.4 is 21.5 Å². The van der Waals surface area contributed by atoms with Crippen molar-refractivity contribution < 1.29 is 9.59 Å². The number of nitrogens with zero attached hydrogens (tertiary/aromatic N) is 3. The summed E-state index contributed by atoms with van der Waals surface area (Å²) in [4.78, 5) is 32.1. The third kappa shape index (κ3) is 3.61. The second-order valence-electron chi connectivity index (χ2n) is 6.37. The maximum Gasteiger partial charge on any atom is 0.252 e. The van der Waals surface area contributed by atoms with Gasteiger partial charge in [-0.2, -0.15) is 0 Å². The van der Waals surface area contributed by atoms with Crippen LogP contribution in [0.25, 0.3) is 10.9 Å². The summed E-state index contributed by atoms with van der Waals surface area (Å²) in [5.41, 5.74) is 7.68. The average Bonchev–Trinajstić information content (AvgIpc) is 3.14. The standard InChI is InChI=1S/C19H22N6O2/c1-12(8-10-26)25(21)17-6-4-15(18(20)27)19(23-17)24(2)14-3-5-16-13(11-14)7-9-22-16/h3-7,9-12,22H,8,21H2,1-2H3,(H2,20,27)/t12-/m1/s1. The largest absolute Gasteiger partial charge is 0.365 e. The van der Waals surface area contributed by atoms with Crippen molar-refractivity contribution in [2.45, 2.75) is 19.4 Å². The molecular formula is C19H22N6O2. The van der Waals surface area contributed by atoms with E-state index in [4.69, 9.17) is 11.6 Å². The molecule has 0 saturated carbocycles. The van der Waals surface area contributed by atoms with Crippen molar-refractivity contribution in [2.75, 3.05) is 17.0 Å². The summed E-state index contributed by atoms with van der Waals surface area (Å²) in [6, 6.07) is 10.8. The Balaban J connectivity index is 2.03. The molecule has 0 saturated heterocycles. The van der Waals surface area contributed by atoms with E-state index in [-0.39, 0.29) is 18.0 Å². The second kappa shape index (κ2) is 7.46. The topological polar surface area (TPSA) is 121 Å². The van der Waals surface area contributed by atoms with Gasteiger partial charge >= 0.3 is 0 Å². The minimum absolute atomic E-state index is 0.233. The Hall–Kier alpha value is -3.39. The lowest BCUT2D eigenvalue weighted by atomic mass is 10.2. The number of aldehydes is 1. The van der Waals surface area contributed by atoms with Crippen LogP contribution in [0.5, 0.6) is 0 Å². The van der Waals surface area contributed by atoms with Gasteiger partial charge in [-0.15, -0.1) is 0 Å². The highest BCUT2D eigenvalue weighted by Crippen LogP contribution is 2.29. The number of nitrogens with two attached hydrogens (primary N) is 2. The summed E-state index contributed by atoms with van der Waals surface area (Å²) in [5, 5.41) is 2.45. The molecule has 1 atom stereocenters. The summed E-state index contributed by atoms with van der Waals surface area (Å²) in [6.07, 6.45) is 2.94. The maximum absolute atomic E-state index is 11.9. The summed E-state index contributed by atoms with van der Waals surface area (Å²) < 4.78 is 0. The number of hydrogen-bond donors (Lipinski definition) is 3. The van der Waals surface area contributed by atoms with Gasteiger partial charge in [0, 0.05) is 36.3 Å². The Bertz CT molecular complexity index is 983. The van der Waals surface area contributed by atoms with Gasteiger partial charge in [0.1, 0.15) is 17.9 Å². The molecule has 2 aromatic heterocycles. The van der Waals surface area contributed by atoms with Crippen molar-refractivity contribution in [3.05, 3.63) is 48.2 Å². The lowest BCUT2D eigenvalue weighted by Gasteiger charge is -2.26. The molecule has 0 aliphatic heterocycles. The third-order valence-electron chi connectivity index (χ3n) is 4.54. The van der Waals surface area contributed by atoms with Crippen LogP contribution in [0.15, 0.2) is 42.6 Å². The van der Waals surface area contributed by atoms with Crippen molar-refractivity contribution >= 4 is 40.4 Å². The van der Waals surface area contributed by atoms with E-state index in [0.29, 0.717) is 11.6 Å². The molecule has 8 nitrogen and oxygen atoms in total. The van der Waals surface area contributed by atoms with Gasteiger partial charge in [-0.05, 0) is 43.3 Å². The highest BCUT2D eigenvalue weighted by atomic mass is 16.1. The molecule has 8 heteroatoms. The van der Waals surface area contributed by atoms with E-state index in [9.17, 15) is 9.59 Å². The van der Waals surface area contributed by atoms with Gasteiger partial charge in [0.2, 0.25) is 0 Å². The molecule has 3 rings (SSSR count). The first kappa shape index (κ1) is 18.4. The minimum atomic E-state index is -0.580. The molecule has 0 aliphatic carbocycles. The number of benzene rings is 1. The number of primary amides is 1. The smallest absolute Gasteiger partial charge is 0.252 e. The van der Waals surface area contributed by atoms with Gasteiger partial charge in [0.05, 0.1) is 11.6 Å². The fourth-order valence-electron chi connectivity index (χ4n) is 2.88. The summed E-state index contributed by atoms with van der Waals surface area (Å²) in [5.74, 6) is 6.35. The number of nitrogens with one attached hydrogen (secondary N) is 1. The molecule has 0 bridgehead atoms. The van der Waals surface area contributed by atoms with Crippen molar-refractivity contribution in [2.24, 2.45) is 11.6 Å². The van der Waals surface area contributed by atoms with Crippen LogP contribution in [0, 0.1) is 0 Å². The number of fused-ring (bicyclic) bond motifs is 1. The van der Waals surface area contributed by atoms with Crippen LogP contribution >= 0.6 is 0 Å². The van der Waals surface area contributed by atoms with Crippen molar-refractivity contribution in [1.29, 1.82) is 0 Å². The predicted molar refractivity (Wildman–Crippen MR) is 106 cm³/mol. The van der Waals surface area contributed by atoms with E-state index in [1.54, 1.807) is 17.0 Å². The van der Waals surface area contributed by atoms with Crippen LogP contribution in [0.3, 0.4) is 0 Å². The molecular weight excluding hydrogens is 344 g/mol. The molecule has 3 aromatic rings. The third-order valence-corrected chi connectivity index (χ3v) is 4.54. The molecule has 1 aromatic carbocycles. The number of aromatic amines is 1. The summed E-state index contributed by atoms with van der Waals surface area (Å²) in [6.45, 7) is 1.82. The Morgan fingerprint density at radius 3 is 2.78 bits per heavy atom. The Morgan fingerprint density at radius 2 is 2.07 bits per heavy atom. The first-order chi connectivity index (χ1) is 12.9. The van der Waals surface area contributed by atoms with Gasteiger partial charge in [-0.3, -0.25) is 9.80 Å². The lowest BCUT2D eigenvalue weighted by molar-refractivity contribution is -0.108. The molecule has 0 fully saturated rings. The maximum atomic E-state index is 11.9. The number of carbonyl (C=O) groups is 2. The molecule has 140 valence electrons. The number of pyridine rings is 1. The van der Waals surface area contributed by atoms with Crippen molar-refractivity contribution in [3.63, 3.8) is 0 Å². The molecule has 1 amide bonds. The molecule has 27 heavy (non-hydrogen) atoms. The van der Waals surface area contributed by atoms with E-state index >= 15 is 0 Å². The minimum Gasteiger partial charge on any atom is -0.365 e. The Kier molecular flexibility index (Phi) is 5.09.